The van der Waals surface area contributed by atoms with Crippen LogP contribution in [0.1, 0.15) is 20.8 Å². The number of nitrogens with zero attached hydrogens (tertiary/aromatic N) is 1. The Balaban J connectivity index is 4.06. The Hall–Kier alpha value is -0.720. The van der Waals surface area contributed by atoms with Crippen LogP contribution in [-0.4, -0.2) is 18.0 Å². The number of allylic oxidation sites excluding steroid dienone is 3. The fourth-order valence-electron chi connectivity index (χ4n) is 0.695. The number of hydrogen-bond donors (Lipinski definition) is 0. The first-order chi connectivity index (χ1) is 4.59. The highest BCUT2D eigenvalue weighted by atomic mass is 15.1. The average molecular weight is 139 g/mol. The van der Waals surface area contributed by atoms with Gasteiger partial charge in [0.1, 0.15) is 0 Å². The van der Waals surface area contributed by atoms with Gasteiger partial charge in [0, 0.05) is 18.8 Å². The van der Waals surface area contributed by atoms with Gasteiger partial charge in [-0.1, -0.05) is 12.7 Å². The summed E-state index contributed by atoms with van der Waals surface area (Å²) in [7, 11) is 2.08. The van der Waals surface area contributed by atoms with Crippen LogP contribution in [-0.2, 0) is 0 Å². The Labute approximate surface area is 64.0 Å². The molecule has 0 aliphatic heterocycles. The molecule has 1 nitrogen and oxygen atoms in total. The highest BCUT2D eigenvalue weighted by Gasteiger charge is 2.00. The van der Waals surface area contributed by atoms with Gasteiger partial charge in [-0.2, -0.15) is 0 Å². The fourth-order valence-corrected chi connectivity index (χ4v) is 0.695. The minimum atomic E-state index is 0.566. The van der Waals surface area contributed by atoms with E-state index in [1.807, 2.05) is 12.2 Å². The Bertz CT molecular complexity index is 134. The Morgan fingerprint density at radius 2 is 2.00 bits per heavy atom. The van der Waals surface area contributed by atoms with Gasteiger partial charge in [0.05, 0.1) is 0 Å². The van der Waals surface area contributed by atoms with E-state index in [1.165, 1.54) is 5.70 Å². The van der Waals surface area contributed by atoms with Crippen LogP contribution in [0.3, 0.4) is 0 Å². The average Bonchev–Trinajstić information content (AvgIpc) is 1.87. The molecule has 10 heavy (non-hydrogen) atoms. The summed E-state index contributed by atoms with van der Waals surface area (Å²) >= 11 is 0. The molecule has 0 atom stereocenters. The van der Waals surface area contributed by atoms with Crippen LogP contribution in [0.4, 0.5) is 0 Å². The lowest BCUT2D eigenvalue weighted by Crippen LogP contribution is -2.23. The lowest BCUT2D eigenvalue weighted by molar-refractivity contribution is 0.345. The van der Waals surface area contributed by atoms with Crippen LogP contribution in [0.5, 0.6) is 0 Å². The van der Waals surface area contributed by atoms with Gasteiger partial charge in [-0.25, -0.2) is 0 Å². The van der Waals surface area contributed by atoms with Crippen molar-refractivity contribution >= 4 is 0 Å². The summed E-state index contributed by atoms with van der Waals surface area (Å²) in [6, 6.07) is 0.566. The Kier molecular flexibility index (Phi) is 3.85. The van der Waals surface area contributed by atoms with Crippen LogP contribution in [0.15, 0.2) is 24.4 Å². The molecule has 0 rings (SSSR count). The monoisotopic (exact) mass is 139 g/mol. The zero-order valence-corrected chi connectivity index (χ0v) is 7.39. The van der Waals surface area contributed by atoms with Crippen LogP contribution in [0, 0.1) is 0 Å². The van der Waals surface area contributed by atoms with Crippen molar-refractivity contribution in [3.63, 3.8) is 0 Å². The highest BCUT2D eigenvalue weighted by Crippen LogP contribution is 2.04. The molecule has 0 unspecified atom stereocenters. The molecule has 0 heterocycles. The van der Waals surface area contributed by atoms with E-state index in [4.69, 9.17) is 0 Å². The van der Waals surface area contributed by atoms with Crippen molar-refractivity contribution in [2.24, 2.45) is 0 Å². The first-order valence-corrected chi connectivity index (χ1v) is 3.61. The van der Waals surface area contributed by atoms with Gasteiger partial charge < -0.3 is 4.90 Å². The molecule has 0 aliphatic carbocycles. The zero-order valence-electron chi connectivity index (χ0n) is 7.39. The third-order valence-electron chi connectivity index (χ3n) is 1.69. The van der Waals surface area contributed by atoms with E-state index in [0.717, 1.165) is 0 Å². The molecule has 0 saturated carbocycles. The fraction of sp³-hybridized carbons (Fsp3) is 0.556. The van der Waals surface area contributed by atoms with Crippen LogP contribution in [0.25, 0.3) is 0 Å². The van der Waals surface area contributed by atoms with E-state index in [2.05, 4.69) is 39.3 Å². The van der Waals surface area contributed by atoms with Gasteiger partial charge >= 0.3 is 0 Å². The van der Waals surface area contributed by atoms with E-state index in [1.54, 1.807) is 0 Å². The third-order valence-corrected chi connectivity index (χ3v) is 1.69. The van der Waals surface area contributed by atoms with Crippen molar-refractivity contribution in [1.82, 2.24) is 4.90 Å². The smallest absolute Gasteiger partial charge is 0.0227 e. The normalized spacial score (nSPS) is 11.9. The standard InChI is InChI=1S/C9H17N/c1-6-7-9(4)10(5)8(2)3/h6-8H,1H2,2-5H3/b9-7+. The molecule has 0 amide bonds. The molecule has 0 fully saturated rings. The van der Waals surface area contributed by atoms with Gasteiger partial charge in [-0.3, -0.25) is 0 Å². The topological polar surface area (TPSA) is 3.24 Å². The number of hydrogen-bond acceptors (Lipinski definition) is 1. The van der Waals surface area contributed by atoms with Crippen molar-refractivity contribution < 1.29 is 0 Å². The van der Waals surface area contributed by atoms with Gasteiger partial charge in [-0.05, 0) is 26.8 Å². The van der Waals surface area contributed by atoms with Crippen LogP contribution in [0.2, 0.25) is 0 Å². The molecule has 0 aromatic carbocycles. The maximum absolute atomic E-state index is 3.64. The summed E-state index contributed by atoms with van der Waals surface area (Å²) in [6.45, 7) is 10.1. The van der Waals surface area contributed by atoms with E-state index in [0.29, 0.717) is 6.04 Å². The molecule has 0 spiro atoms. The maximum atomic E-state index is 3.64. The quantitative estimate of drug-likeness (QED) is 0.543. The van der Waals surface area contributed by atoms with Crippen molar-refractivity contribution in [3.05, 3.63) is 24.4 Å². The third kappa shape index (κ3) is 2.72. The summed E-state index contributed by atoms with van der Waals surface area (Å²) in [5.41, 5.74) is 1.25. The van der Waals surface area contributed by atoms with E-state index in [-0.39, 0.29) is 0 Å². The largest absolute Gasteiger partial charge is 0.376 e. The lowest BCUT2D eigenvalue weighted by Gasteiger charge is -2.23. The van der Waals surface area contributed by atoms with Crippen molar-refractivity contribution in [1.29, 1.82) is 0 Å². The molecular weight excluding hydrogens is 122 g/mol. The van der Waals surface area contributed by atoms with Gasteiger partial charge in [0.25, 0.3) is 0 Å². The second-order valence-corrected chi connectivity index (χ2v) is 2.75. The highest BCUT2D eigenvalue weighted by molar-refractivity contribution is 5.06. The number of rotatable bonds is 3. The predicted molar refractivity (Wildman–Crippen MR) is 46.9 cm³/mol. The first kappa shape index (κ1) is 9.28. The predicted octanol–water partition coefficient (Wildman–Crippen LogP) is 2.42. The summed E-state index contributed by atoms with van der Waals surface area (Å²) in [4.78, 5) is 2.21. The van der Waals surface area contributed by atoms with Gasteiger partial charge in [-0.15, -0.1) is 0 Å². The van der Waals surface area contributed by atoms with Crippen LogP contribution < -0.4 is 0 Å². The minimum Gasteiger partial charge on any atom is -0.376 e. The SMILES string of the molecule is C=C/C=C(\C)N(C)C(C)C. The molecule has 0 N–H and O–H groups in total. The second kappa shape index (κ2) is 4.15. The van der Waals surface area contributed by atoms with Gasteiger partial charge in [0.15, 0.2) is 0 Å². The zero-order chi connectivity index (χ0) is 8.15. The molecule has 0 radical (unpaired) electrons. The van der Waals surface area contributed by atoms with Crippen molar-refractivity contribution in [2.75, 3.05) is 7.05 Å². The van der Waals surface area contributed by atoms with Crippen LogP contribution >= 0.6 is 0 Å². The van der Waals surface area contributed by atoms with E-state index >= 15 is 0 Å². The Morgan fingerprint density at radius 3 is 2.30 bits per heavy atom. The molecular formula is C9H17N. The van der Waals surface area contributed by atoms with E-state index in [9.17, 15) is 0 Å². The van der Waals surface area contributed by atoms with Crippen molar-refractivity contribution in [2.45, 2.75) is 26.8 Å². The molecule has 0 aromatic heterocycles. The summed E-state index contributed by atoms with van der Waals surface area (Å²) < 4.78 is 0. The van der Waals surface area contributed by atoms with Gasteiger partial charge in [0.2, 0.25) is 0 Å². The minimum absolute atomic E-state index is 0.566. The molecule has 0 bridgehead atoms. The van der Waals surface area contributed by atoms with Crippen molar-refractivity contribution in [3.8, 4) is 0 Å². The molecule has 0 aromatic rings. The molecule has 58 valence electrons. The molecule has 1 heteroatoms. The summed E-state index contributed by atoms with van der Waals surface area (Å²) in [6.07, 6.45) is 3.83. The summed E-state index contributed by atoms with van der Waals surface area (Å²) in [5.74, 6) is 0. The lowest BCUT2D eigenvalue weighted by atomic mass is 10.3. The Morgan fingerprint density at radius 1 is 1.50 bits per heavy atom. The summed E-state index contributed by atoms with van der Waals surface area (Å²) in [5, 5.41) is 0. The molecule has 0 aliphatic rings. The first-order valence-electron chi connectivity index (χ1n) is 3.61. The van der Waals surface area contributed by atoms with E-state index < -0.39 is 0 Å². The second-order valence-electron chi connectivity index (χ2n) is 2.75. The maximum Gasteiger partial charge on any atom is 0.0227 e. The molecule has 0 saturated heterocycles.